The van der Waals surface area contributed by atoms with Crippen LogP contribution in [0.5, 0.6) is 0 Å². The first kappa shape index (κ1) is 26.2. The molecule has 0 aliphatic heterocycles. The summed E-state index contributed by atoms with van der Waals surface area (Å²) >= 11 is 0. The molecule has 0 heterocycles. The normalized spacial score (nSPS) is 24.5. The van der Waals surface area contributed by atoms with E-state index in [4.69, 9.17) is 0 Å². The molecule has 35 heavy (non-hydrogen) atoms. The van der Waals surface area contributed by atoms with Crippen molar-refractivity contribution in [3.05, 3.63) is 82.7 Å². The Kier molecular flexibility index (Phi) is 10.0. The summed E-state index contributed by atoms with van der Waals surface area (Å²) in [6.45, 7) is 4.14. The van der Waals surface area contributed by atoms with Crippen molar-refractivity contribution in [1.29, 1.82) is 0 Å². The largest absolute Gasteiger partial charge is 0.207 e. The molecule has 190 valence electrons. The maximum Gasteiger partial charge on any atom is 0.126 e. The molecule has 2 aromatic rings. The average Bonchev–Trinajstić information content (AvgIpc) is 2.90. The van der Waals surface area contributed by atoms with Crippen molar-refractivity contribution >= 4 is 0 Å². The Morgan fingerprint density at radius 2 is 1.46 bits per heavy atom. The van der Waals surface area contributed by atoms with Crippen molar-refractivity contribution in [3.8, 4) is 0 Å². The van der Waals surface area contributed by atoms with Gasteiger partial charge in [-0.05, 0) is 104 Å². The van der Waals surface area contributed by atoms with Crippen molar-refractivity contribution in [2.24, 2.45) is 17.8 Å². The second-order valence-electron chi connectivity index (χ2n) is 11.5. The van der Waals surface area contributed by atoms with Gasteiger partial charge in [-0.2, -0.15) is 0 Å². The van der Waals surface area contributed by atoms with Crippen LogP contribution in [-0.2, 0) is 12.8 Å². The Morgan fingerprint density at radius 1 is 0.743 bits per heavy atom. The van der Waals surface area contributed by atoms with Crippen LogP contribution in [0.3, 0.4) is 0 Å². The smallest absolute Gasteiger partial charge is 0.126 e. The van der Waals surface area contributed by atoms with Gasteiger partial charge >= 0.3 is 0 Å². The first-order chi connectivity index (χ1) is 17.1. The molecular formula is C34H47F. The van der Waals surface area contributed by atoms with Gasteiger partial charge < -0.3 is 0 Å². The predicted octanol–water partition coefficient (Wildman–Crippen LogP) is 10.1. The highest BCUT2D eigenvalue weighted by molar-refractivity contribution is 5.29. The molecule has 2 aromatic carbocycles. The van der Waals surface area contributed by atoms with E-state index in [1.165, 1.54) is 75.3 Å². The summed E-state index contributed by atoms with van der Waals surface area (Å²) in [7, 11) is 0. The minimum atomic E-state index is -0.0774. The second-order valence-corrected chi connectivity index (χ2v) is 11.5. The molecule has 0 saturated heterocycles. The maximum atomic E-state index is 13.7. The van der Waals surface area contributed by atoms with Crippen LogP contribution in [0.15, 0.2) is 54.6 Å². The van der Waals surface area contributed by atoms with Crippen LogP contribution >= 0.6 is 0 Å². The molecule has 0 aromatic heterocycles. The lowest BCUT2D eigenvalue weighted by atomic mass is 9.70. The summed E-state index contributed by atoms with van der Waals surface area (Å²) in [5.41, 5.74) is 4.76. The molecule has 2 aliphatic carbocycles. The first-order valence-corrected chi connectivity index (χ1v) is 14.6. The SMILES string of the molecule is CCCCCC1CCC(C2C=CC(c3ccc(CCCCc4ccc(C)c(F)c4)cc3)CC2)CC1. The monoisotopic (exact) mass is 474 g/mol. The van der Waals surface area contributed by atoms with E-state index in [1.54, 1.807) is 6.07 Å². The highest BCUT2D eigenvalue weighted by Crippen LogP contribution is 2.41. The van der Waals surface area contributed by atoms with Crippen LogP contribution in [0.4, 0.5) is 4.39 Å². The van der Waals surface area contributed by atoms with E-state index in [0.29, 0.717) is 5.92 Å². The van der Waals surface area contributed by atoms with Gasteiger partial charge in [0.05, 0.1) is 0 Å². The summed E-state index contributed by atoms with van der Waals surface area (Å²) in [6.07, 6.45) is 23.7. The van der Waals surface area contributed by atoms with Crippen LogP contribution in [-0.4, -0.2) is 0 Å². The number of aryl methyl sites for hydroxylation is 3. The molecule has 0 spiro atoms. The minimum absolute atomic E-state index is 0.0774. The van der Waals surface area contributed by atoms with Gasteiger partial charge in [0.25, 0.3) is 0 Å². The van der Waals surface area contributed by atoms with Crippen LogP contribution in [0.2, 0.25) is 0 Å². The summed E-state index contributed by atoms with van der Waals surface area (Å²) < 4.78 is 13.7. The third kappa shape index (κ3) is 7.80. The zero-order valence-electron chi connectivity index (χ0n) is 22.3. The summed E-state index contributed by atoms with van der Waals surface area (Å²) in [4.78, 5) is 0. The van der Waals surface area contributed by atoms with E-state index in [1.807, 2.05) is 13.0 Å². The number of allylic oxidation sites excluding steroid dienone is 2. The summed E-state index contributed by atoms with van der Waals surface area (Å²) in [5, 5.41) is 0. The lowest BCUT2D eigenvalue weighted by Gasteiger charge is -2.35. The van der Waals surface area contributed by atoms with E-state index in [-0.39, 0.29) is 5.82 Å². The van der Waals surface area contributed by atoms with Crippen LogP contribution in [0.25, 0.3) is 0 Å². The zero-order valence-corrected chi connectivity index (χ0v) is 22.3. The molecule has 0 N–H and O–H groups in total. The van der Waals surface area contributed by atoms with Gasteiger partial charge in [-0.3, -0.25) is 0 Å². The standard InChI is InChI=1S/C34H47F/c1-3-4-5-8-27-13-17-30(18-14-27)32-21-23-33(24-22-32)31-19-15-28(16-20-31)9-6-7-10-29-12-11-26(2)34(35)25-29/h11-12,15-16,19-21,23,25,27,30,32-33H,3-10,13-14,17-18,22,24H2,1-2H3. The fraction of sp³-hybridized carbons (Fsp3) is 0.588. The Hall–Kier alpha value is -1.89. The second kappa shape index (κ2) is 13.4. The predicted molar refractivity (Wildman–Crippen MR) is 148 cm³/mol. The molecule has 0 nitrogen and oxygen atoms in total. The van der Waals surface area contributed by atoms with Crippen LogP contribution < -0.4 is 0 Å². The highest BCUT2D eigenvalue weighted by Gasteiger charge is 2.28. The van der Waals surface area contributed by atoms with Gasteiger partial charge in [-0.1, -0.05) is 94.0 Å². The van der Waals surface area contributed by atoms with Crippen molar-refractivity contribution in [3.63, 3.8) is 0 Å². The van der Waals surface area contributed by atoms with E-state index >= 15 is 0 Å². The molecule has 0 amide bonds. The molecule has 1 saturated carbocycles. The summed E-state index contributed by atoms with van der Waals surface area (Å²) in [5.74, 6) is 3.30. The molecule has 1 heteroatoms. The highest BCUT2D eigenvalue weighted by atomic mass is 19.1. The molecular weight excluding hydrogens is 427 g/mol. The lowest BCUT2D eigenvalue weighted by Crippen LogP contribution is -2.23. The van der Waals surface area contributed by atoms with Crippen LogP contribution in [0.1, 0.15) is 112 Å². The molecule has 1 fully saturated rings. The van der Waals surface area contributed by atoms with Gasteiger partial charge in [-0.25, -0.2) is 4.39 Å². The summed E-state index contributed by atoms with van der Waals surface area (Å²) in [6, 6.07) is 15.1. The van der Waals surface area contributed by atoms with Gasteiger partial charge in [0.1, 0.15) is 5.82 Å². The van der Waals surface area contributed by atoms with Gasteiger partial charge in [0, 0.05) is 5.92 Å². The van der Waals surface area contributed by atoms with Gasteiger partial charge in [0.15, 0.2) is 0 Å². The Bertz CT molecular complexity index is 916. The van der Waals surface area contributed by atoms with Gasteiger partial charge in [-0.15, -0.1) is 0 Å². The van der Waals surface area contributed by atoms with Crippen molar-refractivity contribution < 1.29 is 4.39 Å². The van der Waals surface area contributed by atoms with Crippen molar-refractivity contribution in [1.82, 2.24) is 0 Å². The lowest BCUT2D eigenvalue weighted by molar-refractivity contribution is 0.207. The van der Waals surface area contributed by atoms with E-state index in [2.05, 4.69) is 49.4 Å². The molecule has 4 rings (SSSR count). The fourth-order valence-electron chi connectivity index (χ4n) is 6.48. The number of halogens is 1. The molecule has 2 atom stereocenters. The Balaban J connectivity index is 1.17. The Morgan fingerprint density at radius 3 is 2.11 bits per heavy atom. The molecule has 0 radical (unpaired) electrons. The quantitative estimate of drug-likeness (QED) is 0.224. The molecule has 0 bridgehead atoms. The number of unbranched alkanes of at least 4 members (excludes halogenated alkanes) is 3. The molecule has 2 unspecified atom stereocenters. The Labute approximate surface area is 214 Å². The van der Waals surface area contributed by atoms with Gasteiger partial charge in [0.2, 0.25) is 0 Å². The van der Waals surface area contributed by atoms with E-state index in [9.17, 15) is 4.39 Å². The van der Waals surface area contributed by atoms with Crippen molar-refractivity contribution in [2.45, 2.75) is 110 Å². The molecule has 2 aliphatic rings. The number of rotatable bonds is 11. The van der Waals surface area contributed by atoms with E-state index < -0.39 is 0 Å². The third-order valence-corrected chi connectivity index (χ3v) is 8.94. The first-order valence-electron chi connectivity index (χ1n) is 14.6. The van der Waals surface area contributed by atoms with Crippen molar-refractivity contribution in [2.75, 3.05) is 0 Å². The third-order valence-electron chi connectivity index (χ3n) is 8.94. The maximum absolute atomic E-state index is 13.7. The number of hydrogen-bond acceptors (Lipinski definition) is 0. The average molecular weight is 475 g/mol. The van der Waals surface area contributed by atoms with E-state index in [0.717, 1.165) is 54.6 Å². The number of hydrogen-bond donors (Lipinski definition) is 0. The number of benzene rings is 2. The van der Waals surface area contributed by atoms with Crippen LogP contribution in [0, 0.1) is 30.5 Å². The topological polar surface area (TPSA) is 0 Å². The fourth-order valence-corrected chi connectivity index (χ4v) is 6.48. The zero-order chi connectivity index (χ0) is 24.5. The minimum Gasteiger partial charge on any atom is -0.207 e.